The summed E-state index contributed by atoms with van der Waals surface area (Å²) < 4.78 is 14.1. The van der Waals surface area contributed by atoms with Crippen LogP contribution in [0.25, 0.3) is 21.8 Å². The van der Waals surface area contributed by atoms with Crippen molar-refractivity contribution in [3.8, 4) is 27.9 Å². The number of aryl methyl sites for hydroxylation is 1. The lowest BCUT2D eigenvalue weighted by molar-refractivity contribution is 0.622. The topological polar surface area (TPSA) is 36.7 Å². The van der Waals surface area contributed by atoms with E-state index < -0.39 is 0 Å². The normalized spacial score (nSPS) is 10.3. The van der Waals surface area contributed by atoms with Crippen LogP contribution in [0.4, 0.5) is 4.39 Å². The first kappa shape index (κ1) is 13.5. The fraction of sp³-hybridized carbons (Fsp3) is 0.0588. The summed E-state index contributed by atoms with van der Waals surface area (Å²) in [4.78, 5) is 4.50. The minimum absolute atomic E-state index is 0.232. The minimum Gasteiger partial charge on any atom is -0.236 e. The minimum atomic E-state index is -0.232. The average molecular weight is 294 g/mol. The van der Waals surface area contributed by atoms with E-state index in [-0.39, 0.29) is 5.82 Å². The van der Waals surface area contributed by atoms with Crippen molar-refractivity contribution in [2.45, 2.75) is 6.92 Å². The summed E-state index contributed by atoms with van der Waals surface area (Å²) in [5.74, 6) is -0.232. The molecule has 102 valence electrons. The van der Waals surface area contributed by atoms with Crippen LogP contribution >= 0.6 is 11.3 Å². The summed E-state index contributed by atoms with van der Waals surface area (Å²) in [5.41, 5.74) is 3.33. The van der Waals surface area contributed by atoms with E-state index in [1.165, 1.54) is 11.3 Å². The molecular weight excluding hydrogens is 283 g/mol. The second-order valence-electron chi connectivity index (χ2n) is 4.67. The van der Waals surface area contributed by atoms with Gasteiger partial charge in [-0.1, -0.05) is 24.3 Å². The number of aromatic nitrogens is 1. The van der Waals surface area contributed by atoms with Crippen LogP contribution in [0.5, 0.6) is 0 Å². The lowest BCUT2D eigenvalue weighted by Gasteiger charge is -2.01. The fourth-order valence-corrected chi connectivity index (χ4v) is 2.94. The van der Waals surface area contributed by atoms with Gasteiger partial charge in [0.25, 0.3) is 0 Å². The first-order valence-electron chi connectivity index (χ1n) is 6.40. The summed E-state index contributed by atoms with van der Waals surface area (Å²) in [5, 5.41) is 11.5. The molecular formula is C17H11FN2S. The highest BCUT2D eigenvalue weighted by molar-refractivity contribution is 7.13. The van der Waals surface area contributed by atoms with Gasteiger partial charge in [0.05, 0.1) is 17.3 Å². The molecule has 0 amide bonds. The van der Waals surface area contributed by atoms with Gasteiger partial charge in [-0.2, -0.15) is 5.26 Å². The number of hydrogen-bond acceptors (Lipinski definition) is 3. The van der Waals surface area contributed by atoms with Crippen LogP contribution in [-0.2, 0) is 0 Å². The second-order valence-corrected chi connectivity index (χ2v) is 5.53. The Kier molecular flexibility index (Phi) is 3.51. The zero-order valence-corrected chi connectivity index (χ0v) is 12.1. The third-order valence-corrected chi connectivity index (χ3v) is 4.09. The van der Waals surface area contributed by atoms with Crippen molar-refractivity contribution in [1.82, 2.24) is 4.98 Å². The van der Waals surface area contributed by atoms with Gasteiger partial charge in [-0.3, -0.25) is 0 Å². The Morgan fingerprint density at radius 1 is 1.19 bits per heavy atom. The number of nitriles is 1. The highest BCUT2D eigenvalue weighted by Gasteiger charge is 2.12. The van der Waals surface area contributed by atoms with Gasteiger partial charge < -0.3 is 0 Å². The highest BCUT2D eigenvalue weighted by Crippen LogP contribution is 2.31. The molecule has 0 saturated carbocycles. The maximum Gasteiger partial charge on any atom is 0.136 e. The Morgan fingerprint density at radius 3 is 2.81 bits per heavy atom. The Morgan fingerprint density at radius 2 is 2.00 bits per heavy atom. The van der Waals surface area contributed by atoms with E-state index in [1.807, 2.05) is 23.6 Å². The van der Waals surface area contributed by atoms with Crippen LogP contribution in [-0.4, -0.2) is 4.98 Å². The summed E-state index contributed by atoms with van der Waals surface area (Å²) >= 11 is 1.40. The fourth-order valence-electron chi connectivity index (χ4n) is 2.09. The summed E-state index contributed by atoms with van der Waals surface area (Å²) in [7, 11) is 0. The van der Waals surface area contributed by atoms with Gasteiger partial charge in [-0.15, -0.1) is 11.3 Å². The van der Waals surface area contributed by atoms with Crippen molar-refractivity contribution in [2.75, 3.05) is 0 Å². The molecule has 2 nitrogen and oxygen atoms in total. The van der Waals surface area contributed by atoms with Crippen LogP contribution in [0.2, 0.25) is 0 Å². The quantitative estimate of drug-likeness (QED) is 0.681. The molecule has 3 aromatic rings. The van der Waals surface area contributed by atoms with Crippen molar-refractivity contribution in [3.05, 3.63) is 64.8 Å². The molecule has 0 spiro atoms. The molecule has 0 saturated heterocycles. The van der Waals surface area contributed by atoms with Gasteiger partial charge >= 0.3 is 0 Å². The van der Waals surface area contributed by atoms with Crippen molar-refractivity contribution in [1.29, 1.82) is 5.26 Å². The maximum atomic E-state index is 14.1. The zero-order chi connectivity index (χ0) is 14.8. The Labute approximate surface area is 126 Å². The van der Waals surface area contributed by atoms with E-state index >= 15 is 0 Å². The molecule has 0 fully saturated rings. The van der Waals surface area contributed by atoms with Gasteiger partial charge in [0.1, 0.15) is 10.8 Å². The standard InChI is InChI=1S/C17H11FN2S/c1-11-4-2-7-14(16(11)18)17-20-15(10-21-17)13-6-3-5-12(8-13)9-19/h2-8,10H,1H3. The highest BCUT2D eigenvalue weighted by atomic mass is 32.1. The van der Waals surface area contributed by atoms with Crippen LogP contribution in [0.15, 0.2) is 47.8 Å². The third kappa shape index (κ3) is 2.56. The Bertz CT molecular complexity index is 846. The number of hydrogen-bond donors (Lipinski definition) is 0. The van der Waals surface area contributed by atoms with Crippen LogP contribution < -0.4 is 0 Å². The molecule has 1 aromatic heterocycles. The van der Waals surface area contributed by atoms with Gasteiger partial charge in [0.2, 0.25) is 0 Å². The summed E-state index contributed by atoms with van der Waals surface area (Å²) in [6.07, 6.45) is 0. The largest absolute Gasteiger partial charge is 0.236 e. The van der Waals surface area contributed by atoms with E-state index in [2.05, 4.69) is 11.1 Å². The molecule has 0 radical (unpaired) electrons. The predicted octanol–water partition coefficient (Wildman–Crippen LogP) is 4.80. The second kappa shape index (κ2) is 5.47. The third-order valence-electron chi connectivity index (χ3n) is 3.21. The van der Waals surface area contributed by atoms with Gasteiger partial charge in [0, 0.05) is 16.5 Å². The Balaban J connectivity index is 2.04. The molecule has 0 atom stereocenters. The molecule has 1 heterocycles. The number of nitrogens with zero attached hydrogens (tertiary/aromatic N) is 2. The summed E-state index contributed by atoms with van der Waals surface area (Å²) in [6.45, 7) is 1.74. The molecule has 21 heavy (non-hydrogen) atoms. The van der Waals surface area contributed by atoms with Crippen molar-refractivity contribution < 1.29 is 4.39 Å². The average Bonchev–Trinajstić information content (AvgIpc) is 3.00. The van der Waals surface area contributed by atoms with E-state index in [0.717, 1.165) is 11.3 Å². The monoisotopic (exact) mass is 294 g/mol. The van der Waals surface area contributed by atoms with Crippen LogP contribution in [0.1, 0.15) is 11.1 Å². The van der Waals surface area contributed by atoms with Gasteiger partial charge in [-0.25, -0.2) is 9.37 Å². The Hall–Kier alpha value is -2.51. The molecule has 0 unspecified atom stereocenters. The van der Waals surface area contributed by atoms with Gasteiger partial charge in [-0.05, 0) is 30.7 Å². The lowest BCUT2D eigenvalue weighted by Crippen LogP contribution is -1.88. The number of thiazole rings is 1. The van der Waals surface area contributed by atoms with Crippen LogP contribution in [0.3, 0.4) is 0 Å². The molecule has 0 aliphatic rings. The van der Waals surface area contributed by atoms with E-state index in [1.54, 1.807) is 31.2 Å². The van der Waals surface area contributed by atoms with Crippen LogP contribution in [0, 0.1) is 24.1 Å². The van der Waals surface area contributed by atoms with E-state index in [0.29, 0.717) is 21.7 Å². The van der Waals surface area contributed by atoms with Crippen molar-refractivity contribution in [3.63, 3.8) is 0 Å². The molecule has 4 heteroatoms. The number of benzene rings is 2. The number of rotatable bonds is 2. The molecule has 0 aliphatic carbocycles. The molecule has 2 aromatic carbocycles. The van der Waals surface area contributed by atoms with Crippen molar-refractivity contribution >= 4 is 11.3 Å². The molecule has 3 rings (SSSR count). The summed E-state index contributed by atoms with van der Waals surface area (Å²) in [6, 6.07) is 14.6. The van der Waals surface area contributed by atoms with Gasteiger partial charge in [0.15, 0.2) is 0 Å². The molecule has 0 bridgehead atoms. The molecule has 0 N–H and O–H groups in total. The predicted molar refractivity (Wildman–Crippen MR) is 82.4 cm³/mol. The first-order valence-corrected chi connectivity index (χ1v) is 7.28. The first-order chi connectivity index (χ1) is 10.2. The SMILES string of the molecule is Cc1cccc(-c2nc(-c3cccc(C#N)c3)cs2)c1F. The zero-order valence-electron chi connectivity index (χ0n) is 11.3. The van der Waals surface area contributed by atoms with E-state index in [9.17, 15) is 4.39 Å². The smallest absolute Gasteiger partial charge is 0.136 e. The lowest BCUT2D eigenvalue weighted by atomic mass is 10.1. The van der Waals surface area contributed by atoms with Crippen molar-refractivity contribution in [2.24, 2.45) is 0 Å². The number of halogens is 1. The van der Waals surface area contributed by atoms with E-state index in [4.69, 9.17) is 5.26 Å². The maximum absolute atomic E-state index is 14.1. The molecule has 0 aliphatic heterocycles.